The molecular weight excluding hydrogens is 340 g/mol. The lowest BCUT2D eigenvalue weighted by molar-refractivity contribution is -0.139. The molecule has 0 spiro atoms. The predicted molar refractivity (Wildman–Crippen MR) is 95.0 cm³/mol. The lowest BCUT2D eigenvalue weighted by Gasteiger charge is -2.24. The maximum atomic E-state index is 12.6. The number of hydrogen-bond acceptors (Lipinski definition) is 4. The molecule has 6 heteroatoms. The Bertz CT molecular complexity index is 849. The summed E-state index contributed by atoms with van der Waals surface area (Å²) in [5, 5.41) is 11.2. The maximum Gasteiger partial charge on any atom is 0.295 e. The Balaban J connectivity index is 2.19. The molecule has 25 heavy (non-hydrogen) atoms. The average Bonchev–Trinajstić information content (AvgIpc) is 2.87. The second-order valence-corrected chi connectivity index (χ2v) is 6.23. The number of Topliss-reactive ketones (excluding diaryl/α,β-unsaturated/α-hetero) is 1. The van der Waals surface area contributed by atoms with E-state index in [0.29, 0.717) is 29.1 Å². The third-order valence-electron chi connectivity index (χ3n) is 4.10. The summed E-state index contributed by atoms with van der Waals surface area (Å²) in [5.41, 5.74) is 1.14. The predicted octanol–water partition coefficient (Wildman–Crippen LogP) is 3.57. The van der Waals surface area contributed by atoms with Crippen LogP contribution in [0.4, 0.5) is 0 Å². The van der Waals surface area contributed by atoms with Crippen molar-refractivity contribution in [2.75, 3.05) is 6.54 Å². The Kier molecular flexibility index (Phi) is 4.86. The molecule has 1 N–H and O–H groups in total. The Morgan fingerprint density at radius 2 is 2.08 bits per heavy atom. The van der Waals surface area contributed by atoms with Gasteiger partial charge in [0.25, 0.3) is 11.7 Å². The fourth-order valence-corrected chi connectivity index (χ4v) is 3.22. The molecule has 1 aliphatic heterocycles. The van der Waals surface area contributed by atoms with Gasteiger partial charge in [0.05, 0.1) is 11.6 Å². The number of benzene rings is 1. The molecule has 2 aromatic rings. The number of likely N-dealkylation sites (tertiary alicyclic amines) is 1. The van der Waals surface area contributed by atoms with Gasteiger partial charge < -0.3 is 10.0 Å². The largest absolute Gasteiger partial charge is 0.507 e. The van der Waals surface area contributed by atoms with Gasteiger partial charge >= 0.3 is 0 Å². The summed E-state index contributed by atoms with van der Waals surface area (Å²) in [6, 6.07) is 9.43. The molecular formula is C19H17ClN2O3. The molecule has 1 aromatic heterocycles. The first-order valence-corrected chi connectivity index (χ1v) is 8.36. The van der Waals surface area contributed by atoms with Crippen LogP contribution in [0, 0.1) is 0 Å². The van der Waals surface area contributed by atoms with Crippen LogP contribution >= 0.6 is 11.6 Å². The van der Waals surface area contributed by atoms with Gasteiger partial charge in [0.2, 0.25) is 0 Å². The van der Waals surface area contributed by atoms with Crippen molar-refractivity contribution >= 4 is 29.1 Å². The Morgan fingerprint density at radius 3 is 2.72 bits per heavy atom. The van der Waals surface area contributed by atoms with Gasteiger partial charge in [0.15, 0.2) is 0 Å². The first-order valence-electron chi connectivity index (χ1n) is 7.99. The van der Waals surface area contributed by atoms with E-state index >= 15 is 0 Å². The van der Waals surface area contributed by atoms with Gasteiger partial charge in [-0.1, -0.05) is 36.7 Å². The van der Waals surface area contributed by atoms with Crippen LogP contribution in [0.5, 0.6) is 0 Å². The summed E-state index contributed by atoms with van der Waals surface area (Å²) < 4.78 is 0. The molecule has 1 amide bonds. The van der Waals surface area contributed by atoms with Crippen molar-refractivity contribution in [2.45, 2.75) is 19.4 Å². The molecule has 3 rings (SSSR count). The number of ketones is 1. The number of halogens is 1. The van der Waals surface area contributed by atoms with E-state index in [4.69, 9.17) is 11.6 Å². The molecule has 2 heterocycles. The van der Waals surface area contributed by atoms with Crippen molar-refractivity contribution < 1.29 is 14.7 Å². The minimum absolute atomic E-state index is 0.0636. The highest BCUT2D eigenvalue weighted by Crippen LogP contribution is 2.39. The molecule has 0 aliphatic carbocycles. The van der Waals surface area contributed by atoms with E-state index in [1.165, 1.54) is 4.90 Å². The van der Waals surface area contributed by atoms with Crippen LogP contribution in [0.2, 0.25) is 5.02 Å². The van der Waals surface area contributed by atoms with Gasteiger partial charge in [-0.25, -0.2) is 0 Å². The molecule has 1 fully saturated rings. The standard InChI is InChI=1S/C19H17ClN2O3/c1-2-9-22-16(13-6-4-8-21-11-13)15(18(24)19(22)25)17(23)12-5-3-7-14(20)10-12/h3-8,10-11,16,23H,2,9H2,1H3/b17-15-. The normalized spacial score (nSPS) is 19.4. The van der Waals surface area contributed by atoms with Crippen LogP contribution in [0.1, 0.15) is 30.5 Å². The van der Waals surface area contributed by atoms with Gasteiger partial charge in [-0.05, 0) is 30.2 Å². The van der Waals surface area contributed by atoms with Crippen molar-refractivity contribution in [2.24, 2.45) is 0 Å². The summed E-state index contributed by atoms with van der Waals surface area (Å²) >= 11 is 5.99. The highest BCUT2D eigenvalue weighted by Gasteiger charge is 2.45. The molecule has 1 aliphatic rings. The number of carbonyl (C=O) groups is 2. The summed E-state index contributed by atoms with van der Waals surface area (Å²) in [4.78, 5) is 30.6. The second-order valence-electron chi connectivity index (χ2n) is 5.79. The molecule has 1 aromatic carbocycles. The highest BCUT2D eigenvalue weighted by molar-refractivity contribution is 6.46. The molecule has 1 saturated heterocycles. The van der Waals surface area contributed by atoms with E-state index in [0.717, 1.165) is 0 Å². The van der Waals surface area contributed by atoms with Crippen molar-refractivity contribution in [1.82, 2.24) is 9.88 Å². The second kappa shape index (κ2) is 7.07. The molecule has 0 radical (unpaired) electrons. The topological polar surface area (TPSA) is 70.5 Å². The van der Waals surface area contributed by atoms with Crippen LogP contribution < -0.4 is 0 Å². The molecule has 5 nitrogen and oxygen atoms in total. The zero-order chi connectivity index (χ0) is 18.0. The van der Waals surface area contributed by atoms with E-state index in [1.54, 1.807) is 48.8 Å². The Hall–Kier alpha value is -2.66. The highest BCUT2D eigenvalue weighted by atomic mass is 35.5. The van der Waals surface area contributed by atoms with Crippen molar-refractivity contribution in [3.8, 4) is 0 Å². The molecule has 1 unspecified atom stereocenters. The number of pyridine rings is 1. The van der Waals surface area contributed by atoms with E-state index < -0.39 is 17.7 Å². The van der Waals surface area contributed by atoms with E-state index in [-0.39, 0.29) is 11.3 Å². The zero-order valence-electron chi connectivity index (χ0n) is 13.6. The van der Waals surface area contributed by atoms with E-state index in [9.17, 15) is 14.7 Å². The van der Waals surface area contributed by atoms with Crippen LogP contribution in [0.25, 0.3) is 5.76 Å². The minimum Gasteiger partial charge on any atom is -0.507 e. The first kappa shape index (κ1) is 17.2. The number of hydrogen-bond donors (Lipinski definition) is 1. The molecule has 0 bridgehead atoms. The van der Waals surface area contributed by atoms with Gasteiger partial charge in [0, 0.05) is 29.5 Å². The van der Waals surface area contributed by atoms with Gasteiger partial charge in [-0.15, -0.1) is 0 Å². The summed E-state index contributed by atoms with van der Waals surface area (Å²) in [6.45, 7) is 2.34. The number of aliphatic hydroxyl groups is 1. The van der Waals surface area contributed by atoms with Gasteiger partial charge in [0.1, 0.15) is 5.76 Å². The Morgan fingerprint density at radius 1 is 1.28 bits per heavy atom. The maximum absolute atomic E-state index is 12.6. The fraction of sp³-hybridized carbons (Fsp3) is 0.211. The lowest BCUT2D eigenvalue weighted by atomic mass is 9.96. The van der Waals surface area contributed by atoms with Gasteiger partial charge in [-0.3, -0.25) is 14.6 Å². The number of amides is 1. The van der Waals surface area contributed by atoms with E-state index in [1.807, 2.05) is 6.92 Å². The number of aliphatic hydroxyl groups excluding tert-OH is 1. The van der Waals surface area contributed by atoms with Crippen LogP contribution in [0.15, 0.2) is 54.4 Å². The summed E-state index contributed by atoms with van der Waals surface area (Å²) in [7, 11) is 0. The fourth-order valence-electron chi connectivity index (χ4n) is 3.03. The van der Waals surface area contributed by atoms with Crippen molar-refractivity contribution in [3.05, 3.63) is 70.5 Å². The van der Waals surface area contributed by atoms with Crippen LogP contribution in [-0.4, -0.2) is 33.2 Å². The number of carbonyl (C=O) groups excluding carboxylic acids is 2. The Labute approximate surface area is 150 Å². The van der Waals surface area contributed by atoms with E-state index in [2.05, 4.69) is 4.98 Å². The molecule has 128 valence electrons. The van der Waals surface area contributed by atoms with Crippen molar-refractivity contribution in [3.63, 3.8) is 0 Å². The molecule has 1 atom stereocenters. The third-order valence-corrected chi connectivity index (χ3v) is 4.34. The van der Waals surface area contributed by atoms with Crippen molar-refractivity contribution in [1.29, 1.82) is 0 Å². The first-order chi connectivity index (χ1) is 12.0. The average molecular weight is 357 g/mol. The monoisotopic (exact) mass is 356 g/mol. The quantitative estimate of drug-likeness (QED) is 0.516. The van der Waals surface area contributed by atoms with Crippen LogP contribution in [-0.2, 0) is 9.59 Å². The van der Waals surface area contributed by atoms with Gasteiger partial charge in [-0.2, -0.15) is 0 Å². The number of aromatic nitrogens is 1. The lowest BCUT2D eigenvalue weighted by Crippen LogP contribution is -2.30. The zero-order valence-corrected chi connectivity index (χ0v) is 14.4. The summed E-state index contributed by atoms with van der Waals surface area (Å²) in [5.74, 6) is -1.53. The minimum atomic E-state index is -0.695. The molecule has 0 saturated carbocycles. The van der Waals surface area contributed by atoms with Crippen LogP contribution in [0.3, 0.4) is 0 Å². The third kappa shape index (κ3) is 3.15. The number of nitrogens with zero attached hydrogens (tertiary/aromatic N) is 2. The summed E-state index contributed by atoms with van der Waals surface area (Å²) in [6.07, 6.45) is 3.91. The SMILES string of the molecule is CCCN1C(=O)C(=O)/C(=C(\O)c2cccc(Cl)c2)C1c1cccnc1. The smallest absolute Gasteiger partial charge is 0.295 e. The number of rotatable bonds is 4.